The fraction of sp³-hybridized carbons (Fsp3) is 0.614. The maximum absolute atomic E-state index is 14.0. The van der Waals surface area contributed by atoms with Crippen molar-refractivity contribution in [2.75, 3.05) is 92.5 Å². The molecule has 2 aliphatic carbocycles. The number of nitrogens with two attached hydrogens (primary N) is 1. The van der Waals surface area contributed by atoms with Crippen LogP contribution < -0.4 is 31.2 Å². The molecule has 0 aliphatic heterocycles. The van der Waals surface area contributed by atoms with Crippen molar-refractivity contribution in [1.82, 2.24) is 10.6 Å². The van der Waals surface area contributed by atoms with Gasteiger partial charge in [0.1, 0.15) is 17.0 Å². The van der Waals surface area contributed by atoms with Crippen LogP contribution in [0.4, 0.5) is 11.4 Å². The van der Waals surface area contributed by atoms with Gasteiger partial charge < -0.3 is 55.2 Å². The number of aliphatic imine (C=N–C) groups is 1. The molecule has 322 valence electrons. The van der Waals surface area contributed by atoms with Gasteiger partial charge in [0, 0.05) is 18.8 Å². The van der Waals surface area contributed by atoms with Crippen LogP contribution in [-0.2, 0) is 28.5 Å². The second kappa shape index (κ2) is 23.4. The number of hydrogen-bond acceptors (Lipinski definition) is 12. The molecule has 14 heteroatoms. The largest absolute Gasteiger partial charge is 0.496 e. The Labute approximate surface area is 344 Å². The van der Waals surface area contributed by atoms with Crippen LogP contribution in [0, 0.1) is 23.7 Å². The first-order chi connectivity index (χ1) is 27.9. The van der Waals surface area contributed by atoms with Crippen LogP contribution in [0.15, 0.2) is 53.2 Å². The first-order valence-corrected chi connectivity index (χ1v) is 20.6. The molecule has 58 heavy (non-hydrogen) atoms. The van der Waals surface area contributed by atoms with Crippen LogP contribution in [0.25, 0.3) is 0 Å². The number of nitrogens with one attached hydrogen (secondary N) is 3. The lowest BCUT2D eigenvalue weighted by molar-refractivity contribution is -0.158. The Hall–Kier alpha value is -4.21. The van der Waals surface area contributed by atoms with Gasteiger partial charge in [-0.15, -0.1) is 0 Å². The number of rotatable bonds is 25. The zero-order valence-corrected chi connectivity index (χ0v) is 35.6. The third-order valence-electron chi connectivity index (χ3n) is 11.1. The lowest BCUT2D eigenvalue weighted by Crippen LogP contribution is -2.67. The van der Waals surface area contributed by atoms with Gasteiger partial charge in [0.15, 0.2) is 0 Å². The van der Waals surface area contributed by atoms with Crippen LogP contribution in [0.2, 0.25) is 0 Å². The molecule has 2 aromatic rings. The van der Waals surface area contributed by atoms with Gasteiger partial charge in [0.25, 0.3) is 5.91 Å². The first-order valence-electron chi connectivity index (χ1n) is 20.6. The molecule has 1 amide bonds. The number of likely N-dealkylation sites (N-methyl/N-ethyl adjacent to an activating group) is 1. The summed E-state index contributed by atoms with van der Waals surface area (Å²) in [5.74, 6) is -0.276. The smallest absolute Gasteiger partial charge is 0.329 e. The number of carbonyl (C=O) groups is 2. The van der Waals surface area contributed by atoms with E-state index >= 15 is 0 Å². The summed E-state index contributed by atoms with van der Waals surface area (Å²) in [5, 5.41) is 20.1. The number of benzene rings is 2. The average Bonchev–Trinajstić information content (AvgIpc) is 3.20. The van der Waals surface area contributed by atoms with Crippen LogP contribution in [0.1, 0.15) is 70.4 Å². The van der Waals surface area contributed by atoms with Crippen LogP contribution in [0.3, 0.4) is 0 Å². The number of aliphatic carboxylic acids is 1. The van der Waals surface area contributed by atoms with E-state index in [2.05, 4.69) is 42.8 Å². The van der Waals surface area contributed by atoms with Crippen molar-refractivity contribution in [3.8, 4) is 11.5 Å². The van der Waals surface area contributed by atoms with E-state index in [4.69, 9.17) is 39.1 Å². The van der Waals surface area contributed by atoms with Gasteiger partial charge in [-0.2, -0.15) is 0 Å². The van der Waals surface area contributed by atoms with E-state index in [0.717, 1.165) is 43.5 Å². The normalized spacial score (nSPS) is 22.1. The monoisotopic (exact) mass is 809 g/mol. The number of allylic oxidation sites excluding steroid dienone is 1. The molecule has 0 saturated heterocycles. The highest BCUT2D eigenvalue weighted by Gasteiger charge is 2.56. The molecule has 5 atom stereocenters. The Balaban J connectivity index is 1.47. The highest BCUT2D eigenvalue weighted by Crippen LogP contribution is 2.50. The molecular formula is C44H67N5O9. The van der Waals surface area contributed by atoms with Crippen molar-refractivity contribution in [3.05, 3.63) is 59.3 Å². The number of carboxylic acids is 1. The second-order valence-electron chi connectivity index (χ2n) is 15.7. The van der Waals surface area contributed by atoms with Crippen molar-refractivity contribution in [3.63, 3.8) is 0 Å². The molecule has 0 aromatic heterocycles. The predicted octanol–water partition coefficient (Wildman–Crippen LogP) is 5.52. The Morgan fingerprint density at radius 1 is 0.879 bits per heavy atom. The molecule has 2 bridgehead atoms. The summed E-state index contributed by atoms with van der Waals surface area (Å²) < 4.78 is 33.8. The lowest BCUT2D eigenvalue weighted by atomic mass is 9.56. The highest BCUT2D eigenvalue weighted by atomic mass is 16.6. The average molecular weight is 810 g/mol. The van der Waals surface area contributed by atoms with Crippen molar-refractivity contribution in [2.45, 2.75) is 64.8 Å². The topological polar surface area (TPSA) is 184 Å². The SMILES string of the molecule is CNCCOCCOCCOCCOCCNc1ccc(N=C(/C=C(\N)C(=O)NC2(C(=O)O)C(C)CC3CC(C)CC2C3)c2c(OC)cccc2OC)c(C(C)C)c1. The van der Waals surface area contributed by atoms with E-state index in [-0.39, 0.29) is 23.5 Å². The summed E-state index contributed by atoms with van der Waals surface area (Å²) in [6.45, 7) is 13.9. The summed E-state index contributed by atoms with van der Waals surface area (Å²) in [7, 11) is 4.99. The molecule has 2 aliphatic rings. The number of carboxylic acid groups (broad SMARTS) is 1. The number of hydrogen-bond donors (Lipinski definition) is 5. The fourth-order valence-electron chi connectivity index (χ4n) is 8.36. The Morgan fingerprint density at radius 2 is 1.48 bits per heavy atom. The first kappa shape index (κ1) is 46.5. The van der Waals surface area contributed by atoms with Crippen molar-refractivity contribution < 1.29 is 43.1 Å². The Kier molecular flexibility index (Phi) is 18.8. The van der Waals surface area contributed by atoms with E-state index in [9.17, 15) is 14.7 Å². The number of nitrogens with zero attached hydrogens (tertiary/aromatic N) is 1. The summed E-state index contributed by atoms with van der Waals surface area (Å²) in [6.07, 6.45) is 4.81. The van der Waals surface area contributed by atoms with Crippen molar-refractivity contribution in [1.29, 1.82) is 0 Å². The molecule has 6 N–H and O–H groups in total. The number of fused-ring (bicyclic) bond motifs is 2. The molecule has 0 spiro atoms. The maximum Gasteiger partial charge on any atom is 0.329 e. The zero-order valence-electron chi connectivity index (χ0n) is 35.6. The standard InChI is InChI=1S/C44H67N5O9/c1-29(2)35-27-34(47-14-16-56-18-20-58-22-21-57-19-17-55-15-13-46-5)11-12-37(35)48-38(41-39(53-6)9-8-10-40(41)54-7)28-36(45)42(50)49-44(43(51)52)31(4)25-32-23-30(3)24-33(44)26-32/h8-12,27-33,46-47H,13-26,45H2,1-7H3,(H,49,50)(H,51,52)/b36-28-,48-38?. The van der Waals surface area contributed by atoms with Gasteiger partial charge in [-0.25, -0.2) is 9.79 Å². The molecule has 2 fully saturated rings. The Bertz CT molecular complexity index is 1660. The van der Waals surface area contributed by atoms with E-state index in [1.165, 1.54) is 6.08 Å². The maximum atomic E-state index is 14.0. The van der Waals surface area contributed by atoms with E-state index < -0.39 is 17.4 Å². The number of ether oxygens (including phenoxy) is 6. The lowest BCUT2D eigenvalue weighted by Gasteiger charge is -2.52. The van der Waals surface area contributed by atoms with Crippen LogP contribution >= 0.6 is 0 Å². The van der Waals surface area contributed by atoms with Gasteiger partial charge >= 0.3 is 5.97 Å². The van der Waals surface area contributed by atoms with Crippen LogP contribution in [0.5, 0.6) is 11.5 Å². The number of carbonyl (C=O) groups excluding carboxylic acids is 1. The van der Waals surface area contributed by atoms with Gasteiger partial charge in [-0.3, -0.25) is 4.79 Å². The second-order valence-corrected chi connectivity index (χ2v) is 15.7. The summed E-state index contributed by atoms with van der Waals surface area (Å²) in [5.41, 5.74) is 8.34. The minimum absolute atomic E-state index is 0.0825. The van der Waals surface area contributed by atoms with Crippen molar-refractivity contribution >= 4 is 29.0 Å². The zero-order chi connectivity index (χ0) is 42.1. The number of amides is 1. The summed E-state index contributed by atoms with van der Waals surface area (Å²) >= 11 is 0. The number of anilines is 1. The predicted molar refractivity (Wildman–Crippen MR) is 227 cm³/mol. The molecule has 0 radical (unpaired) electrons. The molecule has 2 saturated carbocycles. The van der Waals surface area contributed by atoms with E-state index in [0.29, 0.717) is 99.7 Å². The minimum atomic E-state index is -1.43. The summed E-state index contributed by atoms with van der Waals surface area (Å²) in [4.78, 5) is 32.2. The fourth-order valence-corrected chi connectivity index (χ4v) is 8.36. The van der Waals surface area contributed by atoms with Gasteiger partial charge in [-0.05, 0) is 104 Å². The molecular weight excluding hydrogens is 743 g/mol. The molecule has 0 heterocycles. The van der Waals surface area contributed by atoms with Crippen LogP contribution in [-0.4, -0.2) is 115 Å². The van der Waals surface area contributed by atoms with Gasteiger partial charge in [0.2, 0.25) is 0 Å². The molecule has 5 unspecified atom stereocenters. The number of methoxy groups -OCH3 is 2. The molecule has 14 nitrogen and oxygen atoms in total. The highest BCUT2D eigenvalue weighted by molar-refractivity contribution is 6.16. The molecule has 2 aromatic carbocycles. The summed E-state index contributed by atoms with van der Waals surface area (Å²) in [6, 6.07) is 11.3. The third-order valence-corrected chi connectivity index (χ3v) is 11.1. The van der Waals surface area contributed by atoms with E-state index in [1.54, 1.807) is 32.4 Å². The van der Waals surface area contributed by atoms with E-state index in [1.807, 2.05) is 26.1 Å². The molecule has 4 rings (SSSR count). The Morgan fingerprint density at radius 3 is 2.05 bits per heavy atom. The van der Waals surface area contributed by atoms with Gasteiger partial charge in [-0.1, -0.05) is 33.8 Å². The minimum Gasteiger partial charge on any atom is -0.496 e. The van der Waals surface area contributed by atoms with Gasteiger partial charge in [0.05, 0.1) is 89.7 Å². The third kappa shape index (κ3) is 12.6. The quantitative estimate of drug-likeness (QED) is 0.0482. The van der Waals surface area contributed by atoms with Crippen molar-refractivity contribution in [2.24, 2.45) is 34.4 Å².